The van der Waals surface area contributed by atoms with Crippen molar-refractivity contribution in [2.45, 2.75) is 50.6 Å². The molecule has 0 unspecified atom stereocenters. The molecule has 25 heavy (non-hydrogen) atoms. The molecule has 0 radical (unpaired) electrons. The van der Waals surface area contributed by atoms with Gasteiger partial charge in [-0.2, -0.15) is 4.98 Å². The van der Waals surface area contributed by atoms with Gasteiger partial charge in [0.15, 0.2) is 16.8 Å². The van der Waals surface area contributed by atoms with Crippen molar-refractivity contribution in [3.63, 3.8) is 0 Å². The van der Waals surface area contributed by atoms with Gasteiger partial charge in [0, 0.05) is 23.0 Å². The first kappa shape index (κ1) is 17.9. The molecule has 0 aliphatic heterocycles. The van der Waals surface area contributed by atoms with Crippen LogP contribution in [0.5, 0.6) is 0 Å². The number of hydrogen-bond donors (Lipinski definition) is 0. The van der Waals surface area contributed by atoms with Gasteiger partial charge >= 0.3 is 0 Å². The zero-order valence-corrected chi connectivity index (χ0v) is 16.2. The smallest absolute Gasteiger partial charge is 0.239 e. The van der Waals surface area contributed by atoms with Crippen molar-refractivity contribution < 1.29 is 4.52 Å². The van der Waals surface area contributed by atoms with Crippen molar-refractivity contribution in [2.75, 3.05) is 0 Å². The number of halogens is 1. The Hall–Kier alpha value is -1.86. The van der Waals surface area contributed by atoms with E-state index in [0.29, 0.717) is 10.9 Å². The van der Waals surface area contributed by atoms with Crippen LogP contribution in [0.25, 0.3) is 11.4 Å². The Labute approximate surface area is 156 Å². The van der Waals surface area contributed by atoms with Gasteiger partial charge in [-0.15, -0.1) is 10.2 Å². The van der Waals surface area contributed by atoms with Crippen LogP contribution in [0, 0.1) is 0 Å². The van der Waals surface area contributed by atoms with Gasteiger partial charge in [0.05, 0.1) is 5.25 Å². The first-order valence-corrected chi connectivity index (χ1v) is 9.44. The molecule has 2 heterocycles. The number of aromatic nitrogens is 5. The van der Waals surface area contributed by atoms with Gasteiger partial charge in [0.25, 0.3) is 0 Å². The van der Waals surface area contributed by atoms with Crippen molar-refractivity contribution in [3.8, 4) is 11.4 Å². The molecule has 1 aromatic carbocycles. The molecule has 132 valence electrons. The van der Waals surface area contributed by atoms with E-state index in [0.717, 1.165) is 28.9 Å². The quantitative estimate of drug-likeness (QED) is 0.564. The second-order valence-electron chi connectivity index (χ2n) is 5.96. The summed E-state index contributed by atoms with van der Waals surface area (Å²) in [5.74, 6) is 2.39. The molecule has 0 saturated carbocycles. The van der Waals surface area contributed by atoms with Crippen molar-refractivity contribution in [2.24, 2.45) is 0 Å². The summed E-state index contributed by atoms with van der Waals surface area (Å²) >= 11 is 7.53. The summed E-state index contributed by atoms with van der Waals surface area (Å²) in [6.45, 7) is 8.94. The monoisotopic (exact) mass is 377 g/mol. The molecule has 2 aromatic heterocycles. The van der Waals surface area contributed by atoms with Gasteiger partial charge in [-0.25, -0.2) is 0 Å². The zero-order chi connectivity index (χ0) is 18.0. The van der Waals surface area contributed by atoms with Gasteiger partial charge in [0.1, 0.15) is 0 Å². The van der Waals surface area contributed by atoms with Crippen LogP contribution in [0.4, 0.5) is 0 Å². The maximum atomic E-state index is 5.97. The van der Waals surface area contributed by atoms with E-state index in [1.165, 1.54) is 0 Å². The lowest BCUT2D eigenvalue weighted by molar-refractivity contribution is 0.373. The Morgan fingerprint density at radius 2 is 1.88 bits per heavy atom. The minimum atomic E-state index is -0.00688. The third kappa shape index (κ3) is 3.88. The summed E-state index contributed by atoms with van der Waals surface area (Å²) < 4.78 is 7.46. The van der Waals surface area contributed by atoms with E-state index < -0.39 is 0 Å². The van der Waals surface area contributed by atoms with Crippen LogP contribution in [0.15, 0.2) is 33.9 Å². The largest absolute Gasteiger partial charge is 0.338 e. The van der Waals surface area contributed by atoms with E-state index in [2.05, 4.69) is 31.8 Å². The average molecular weight is 378 g/mol. The second kappa shape index (κ2) is 7.58. The first-order valence-electron chi connectivity index (χ1n) is 8.18. The minimum absolute atomic E-state index is 0.00688. The number of nitrogens with zero attached hydrogens (tertiary/aromatic N) is 5. The van der Waals surface area contributed by atoms with Crippen molar-refractivity contribution in [3.05, 3.63) is 41.0 Å². The van der Waals surface area contributed by atoms with Crippen LogP contribution in [-0.4, -0.2) is 24.9 Å². The fourth-order valence-corrected chi connectivity index (χ4v) is 3.40. The van der Waals surface area contributed by atoms with Crippen LogP contribution < -0.4 is 0 Å². The maximum Gasteiger partial charge on any atom is 0.239 e. The van der Waals surface area contributed by atoms with E-state index in [1.54, 1.807) is 11.8 Å². The third-order valence-corrected chi connectivity index (χ3v) is 5.06. The molecule has 0 bridgehead atoms. The van der Waals surface area contributed by atoms with E-state index >= 15 is 0 Å². The van der Waals surface area contributed by atoms with E-state index in [9.17, 15) is 0 Å². The molecule has 3 aromatic rings. The minimum Gasteiger partial charge on any atom is -0.338 e. The standard InChI is InChI=1S/C17H20ClN5OS/c1-5-23-15(12-6-8-13(18)9-7-12)20-21-17(23)25-11(4)16-19-14(10(2)3)22-24-16/h6-11H,5H2,1-4H3/t11-/m0/s1. The summed E-state index contributed by atoms with van der Waals surface area (Å²) in [4.78, 5) is 4.47. The van der Waals surface area contributed by atoms with Gasteiger partial charge in [-0.1, -0.05) is 42.4 Å². The Kier molecular flexibility index (Phi) is 5.44. The number of benzene rings is 1. The average Bonchev–Trinajstić information content (AvgIpc) is 3.22. The molecule has 0 spiro atoms. The zero-order valence-electron chi connectivity index (χ0n) is 14.6. The van der Waals surface area contributed by atoms with Crippen molar-refractivity contribution in [1.82, 2.24) is 24.9 Å². The van der Waals surface area contributed by atoms with Crippen LogP contribution in [0.3, 0.4) is 0 Å². The molecule has 0 aliphatic rings. The third-order valence-electron chi connectivity index (χ3n) is 3.74. The molecule has 6 nitrogen and oxygen atoms in total. The van der Waals surface area contributed by atoms with Gasteiger partial charge in [-0.3, -0.25) is 0 Å². The normalized spacial score (nSPS) is 12.7. The molecular formula is C17H20ClN5OS. The predicted octanol–water partition coefficient (Wildman–Crippen LogP) is 4.98. The highest BCUT2D eigenvalue weighted by Gasteiger charge is 2.21. The Balaban J connectivity index is 1.83. The molecule has 0 N–H and O–H groups in total. The summed E-state index contributed by atoms with van der Waals surface area (Å²) in [6.07, 6.45) is 0. The highest BCUT2D eigenvalue weighted by atomic mass is 35.5. The number of thioether (sulfide) groups is 1. The second-order valence-corrected chi connectivity index (χ2v) is 7.71. The van der Waals surface area contributed by atoms with Crippen LogP contribution in [-0.2, 0) is 6.54 Å². The molecule has 8 heteroatoms. The number of rotatable bonds is 6. The molecule has 0 aliphatic carbocycles. The summed E-state index contributed by atoms with van der Waals surface area (Å²) in [5.41, 5.74) is 0.984. The lowest BCUT2D eigenvalue weighted by Gasteiger charge is -2.09. The Morgan fingerprint density at radius 1 is 1.16 bits per heavy atom. The highest BCUT2D eigenvalue weighted by Crippen LogP contribution is 2.35. The fraction of sp³-hybridized carbons (Fsp3) is 0.412. The van der Waals surface area contributed by atoms with Gasteiger partial charge < -0.3 is 9.09 Å². The fourth-order valence-electron chi connectivity index (χ4n) is 2.33. The molecule has 0 amide bonds. The molecule has 3 rings (SSSR count). The maximum absolute atomic E-state index is 5.97. The predicted molar refractivity (Wildman–Crippen MR) is 98.8 cm³/mol. The van der Waals surface area contributed by atoms with Gasteiger partial charge in [-0.05, 0) is 38.1 Å². The van der Waals surface area contributed by atoms with E-state index in [4.69, 9.17) is 16.1 Å². The SMILES string of the molecule is CCn1c(S[C@@H](C)c2nc(C(C)C)no2)nnc1-c1ccc(Cl)cc1. The van der Waals surface area contributed by atoms with E-state index in [1.807, 2.05) is 45.0 Å². The van der Waals surface area contributed by atoms with Crippen LogP contribution >= 0.6 is 23.4 Å². The molecule has 1 atom stereocenters. The van der Waals surface area contributed by atoms with Crippen LogP contribution in [0.1, 0.15) is 50.6 Å². The molecule has 0 fully saturated rings. The summed E-state index contributed by atoms with van der Waals surface area (Å²) in [6, 6.07) is 7.60. The van der Waals surface area contributed by atoms with Crippen molar-refractivity contribution in [1.29, 1.82) is 0 Å². The van der Waals surface area contributed by atoms with E-state index in [-0.39, 0.29) is 11.2 Å². The number of hydrogen-bond acceptors (Lipinski definition) is 6. The summed E-state index contributed by atoms with van der Waals surface area (Å²) in [7, 11) is 0. The Morgan fingerprint density at radius 3 is 2.48 bits per heavy atom. The Bertz CT molecular complexity index is 843. The highest BCUT2D eigenvalue weighted by molar-refractivity contribution is 7.99. The summed E-state index contributed by atoms with van der Waals surface area (Å²) in [5, 5.41) is 14.2. The molecular weight excluding hydrogens is 358 g/mol. The lowest BCUT2D eigenvalue weighted by Crippen LogP contribution is -2.01. The topological polar surface area (TPSA) is 69.6 Å². The first-order chi connectivity index (χ1) is 12.0. The van der Waals surface area contributed by atoms with Crippen LogP contribution in [0.2, 0.25) is 5.02 Å². The molecule has 0 saturated heterocycles. The van der Waals surface area contributed by atoms with Crippen molar-refractivity contribution >= 4 is 23.4 Å². The van der Waals surface area contributed by atoms with Gasteiger partial charge in [0.2, 0.25) is 5.89 Å². The lowest BCUT2D eigenvalue weighted by atomic mass is 10.2.